The number of piperazine rings is 1. The number of hydrogen-bond acceptors (Lipinski definition) is 9. The Hall–Kier alpha value is -3.01. The van der Waals surface area contributed by atoms with Gasteiger partial charge in [-0.25, -0.2) is 22.9 Å². The molecular weight excluding hydrogens is 525 g/mol. The lowest BCUT2D eigenvalue weighted by atomic mass is 10.1. The number of fused-ring (bicyclic) bond motifs is 1. The van der Waals surface area contributed by atoms with E-state index in [2.05, 4.69) is 20.0 Å². The van der Waals surface area contributed by atoms with Gasteiger partial charge in [0.15, 0.2) is 11.6 Å². The Labute approximate surface area is 218 Å². The summed E-state index contributed by atoms with van der Waals surface area (Å²) in [6.07, 6.45) is -0.644. The van der Waals surface area contributed by atoms with Crippen molar-refractivity contribution in [3.63, 3.8) is 0 Å². The van der Waals surface area contributed by atoms with Crippen molar-refractivity contribution in [3.05, 3.63) is 35.7 Å². The molecule has 3 aromatic heterocycles. The second kappa shape index (κ2) is 9.94. The zero-order valence-electron chi connectivity index (χ0n) is 21.0. The summed E-state index contributed by atoms with van der Waals surface area (Å²) in [4.78, 5) is 12.6. The average Bonchev–Trinajstić information content (AvgIpc) is 3.25. The van der Waals surface area contributed by atoms with Gasteiger partial charge in [0.25, 0.3) is 0 Å². The van der Waals surface area contributed by atoms with Gasteiger partial charge in [-0.3, -0.25) is 4.90 Å². The minimum atomic E-state index is -4.67. The Kier molecular flexibility index (Phi) is 6.96. The smallest absolute Gasteiger partial charge is 0.384 e. The number of pyridine rings is 1. The number of aromatic nitrogens is 4. The van der Waals surface area contributed by atoms with Gasteiger partial charge >= 0.3 is 6.18 Å². The Bertz CT molecular complexity index is 1440. The Morgan fingerprint density at radius 3 is 2.55 bits per heavy atom. The summed E-state index contributed by atoms with van der Waals surface area (Å²) in [5.74, 6) is 0.141. The number of hydrogen-bond donors (Lipinski definition) is 1. The van der Waals surface area contributed by atoms with Crippen molar-refractivity contribution < 1.29 is 26.3 Å². The monoisotopic (exact) mass is 554 g/mol. The lowest BCUT2D eigenvalue weighted by Crippen LogP contribution is -2.47. The molecule has 0 aromatic carbocycles. The highest BCUT2D eigenvalue weighted by molar-refractivity contribution is 7.88. The largest absolute Gasteiger partial charge is 0.417 e. The van der Waals surface area contributed by atoms with E-state index < -0.39 is 21.8 Å². The van der Waals surface area contributed by atoms with Crippen LogP contribution in [-0.4, -0.2) is 95.4 Å². The van der Waals surface area contributed by atoms with Crippen LogP contribution in [0.1, 0.15) is 18.1 Å². The Morgan fingerprint density at radius 2 is 1.89 bits per heavy atom. The summed E-state index contributed by atoms with van der Waals surface area (Å²) in [6, 6.07) is 2.66. The molecule has 2 aliphatic rings. The lowest BCUT2D eigenvalue weighted by molar-refractivity contribution is -0.137. The molecule has 15 heteroatoms. The maximum absolute atomic E-state index is 13.9. The number of halogens is 3. The predicted molar refractivity (Wildman–Crippen MR) is 135 cm³/mol. The molecule has 206 valence electrons. The minimum Gasteiger partial charge on any atom is -0.384 e. The van der Waals surface area contributed by atoms with Gasteiger partial charge < -0.3 is 15.4 Å². The maximum atomic E-state index is 13.9. The van der Waals surface area contributed by atoms with E-state index >= 15 is 0 Å². The fraction of sp³-hybridized carbons (Fsp3) is 0.522. The highest BCUT2D eigenvalue weighted by atomic mass is 32.2. The third-order valence-corrected chi connectivity index (χ3v) is 8.12. The summed E-state index contributed by atoms with van der Waals surface area (Å²) >= 11 is 0. The van der Waals surface area contributed by atoms with Crippen molar-refractivity contribution in [1.82, 2.24) is 28.8 Å². The standard InChI is InChI=1S/C23H29F3N8O3S/c1-15-14-37-8-7-33(15)22-19-9-16(12-31-3-5-32(6-4-31)38(2,35)36)13-34(19)30-21(29-22)17-11-28-20(27)10-18(17)23(24,25)26/h9-11,13,15H,3-8,12,14H2,1-2H3,(H2,27,28)/t15-/m0/s1. The third kappa shape index (κ3) is 5.41. The lowest BCUT2D eigenvalue weighted by Gasteiger charge is -2.34. The third-order valence-electron chi connectivity index (χ3n) is 6.82. The molecule has 2 saturated heterocycles. The van der Waals surface area contributed by atoms with Crippen molar-refractivity contribution in [2.45, 2.75) is 25.7 Å². The van der Waals surface area contributed by atoms with E-state index in [1.807, 2.05) is 17.9 Å². The highest BCUT2D eigenvalue weighted by Gasteiger charge is 2.36. The molecule has 0 amide bonds. The number of nitrogen functional groups attached to an aromatic ring is 1. The van der Waals surface area contributed by atoms with E-state index in [4.69, 9.17) is 10.5 Å². The molecule has 0 unspecified atom stereocenters. The fourth-order valence-electron chi connectivity index (χ4n) is 4.85. The van der Waals surface area contributed by atoms with Crippen molar-refractivity contribution in [3.8, 4) is 11.4 Å². The minimum absolute atomic E-state index is 0.0515. The van der Waals surface area contributed by atoms with Gasteiger partial charge in [-0.05, 0) is 24.6 Å². The first-order valence-electron chi connectivity index (χ1n) is 12.1. The quantitative estimate of drug-likeness (QED) is 0.502. The van der Waals surface area contributed by atoms with Crippen molar-refractivity contribution in [1.29, 1.82) is 0 Å². The molecule has 1 atom stereocenters. The molecular formula is C23H29F3N8O3S. The maximum Gasteiger partial charge on any atom is 0.417 e. The fourth-order valence-corrected chi connectivity index (χ4v) is 5.68. The first-order chi connectivity index (χ1) is 17.9. The van der Waals surface area contributed by atoms with Gasteiger partial charge in [0.05, 0.1) is 36.6 Å². The molecule has 3 aromatic rings. The Balaban J connectivity index is 1.54. The molecule has 0 aliphatic carbocycles. The number of ether oxygens (including phenoxy) is 1. The molecule has 0 saturated carbocycles. The van der Waals surface area contributed by atoms with Gasteiger partial charge in [-0.1, -0.05) is 0 Å². The normalized spacial score (nSPS) is 20.3. The predicted octanol–water partition coefficient (Wildman–Crippen LogP) is 1.69. The molecule has 5 heterocycles. The van der Waals surface area contributed by atoms with Crippen LogP contribution in [0, 0.1) is 0 Å². The number of sulfonamides is 1. The number of nitrogens with two attached hydrogens (primary N) is 1. The molecule has 38 heavy (non-hydrogen) atoms. The van der Waals surface area contributed by atoms with Crippen LogP contribution in [0.3, 0.4) is 0 Å². The van der Waals surface area contributed by atoms with E-state index in [-0.39, 0.29) is 23.2 Å². The van der Waals surface area contributed by atoms with Crippen molar-refractivity contribution >= 4 is 27.2 Å². The molecule has 0 radical (unpaired) electrons. The number of rotatable bonds is 5. The van der Waals surface area contributed by atoms with E-state index in [1.54, 1.807) is 10.7 Å². The van der Waals surface area contributed by atoms with Gasteiger partial charge in [0, 0.05) is 51.7 Å². The van der Waals surface area contributed by atoms with Crippen LogP contribution in [0.5, 0.6) is 0 Å². The molecule has 0 spiro atoms. The van der Waals surface area contributed by atoms with E-state index in [9.17, 15) is 21.6 Å². The zero-order valence-corrected chi connectivity index (χ0v) is 21.8. The summed E-state index contributed by atoms with van der Waals surface area (Å²) < 4.78 is 73.9. The van der Waals surface area contributed by atoms with E-state index in [0.29, 0.717) is 63.8 Å². The first-order valence-corrected chi connectivity index (χ1v) is 14.0. The first kappa shape index (κ1) is 26.6. The van der Waals surface area contributed by atoms with Gasteiger partial charge in [0.1, 0.15) is 11.3 Å². The summed E-state index contributed by atoms with van der Waals surface area (Å²) in [7, 11) is -3.24. The van der Waals surface area contributed by atoms with Crippen LogP contribution >= 0.6 is 0 Å². The van der Waals surface area contributed by atoms with Crippen LogP contribution in [0.2, 0.25) is 0 Å². The van der Waals surface area contributed by atoms with Gasteiger partial charge in [0.2, 0.25) is 10.0 Å². The number of nitrogens with zero attached hydrogens (tertiary/aromatic N) is 7. The number of anilines is 2. The molecule has 2 N–H and O–H groups in total. The van der Waals surface area contributed by atoms with E-state index in [1.165, 1.54) is 10.6 Å². The van der Waals surface area contributed by atoms with Crippen molar-refractivity contribution in [2.75, 3.05) is 62.8 Å². The SMILES string of the molecule is C[C@H]1COCCN1c1nc(-c2cnc(N)cc2C(F)(F)F)nn2cc(CN3CCN(S(C)(=O)=O)CC3)cc12. The van der Waals surface area contributed by atoms with Gasteiger partial charge in [-0.15, -0.1) is 5.10 Å². The second-order valence-corrected chi connectivity index (χ2v) is 11.6. The zero-order chi connectivity index (χ0) is 27.2. The van der Waals surface area contributed by atoms with Crippen molar-refractivity contribution in [2.24, 2.45) is 0 Å². The summed E-state index contributed by atoms with van der Waals surface area (Å²) in [5.41, 5.74) is 5.89. The second-order valence-electron chi connectivity index (χ2n) is 9.65. The van der Waals surface area contributed by atoms with Crippen LogP contribution in [0.4, 0.5) is 24.8 Å². The average molecular weight is 555 g/mol. The van der Waals surface area contributed by atoms with Gasteiger partial charge in [-0.2, -0.15) is 17.5 Å². The van der Waals surface area contributed by atoms with Crippen LogP contribution in [0.25, 0.3) is 16.9 Å². The van der Waals surface area contributed by atoms with E-state index in [0.717, 1.165) is 17.8 Å². The molecule has 2 aliphatic heterocycles. The number of morpholine rings is 1. The molecule has 0 bridgehead atoms. The molecule has 2 fully saturated rings. The van der Waals surface area contributed by atoms with Crippen LogP contribution in [0.15, 0.2) is 24.5 Å². The molecule has 11 nitrogen and oxygen atoms in total. The topological polar surface area (TPSA) is 122 Å². The van der Waals surface area contributed by atoms with Crippen LogP contribution in [-0.2, 0) is 27.5 Å². The summed E-state index contributed by atoms with van der Waals surface area (Å²) in [5, 5.41) is 4.45. The highest BCUT2D eigenvalue weighted by Crippen LogP contribution is 2.37. The Morgan fingerprint density at radius 1 is 1.16 bits per heavy atom. The number of alkyl halides is 3. The molecule has 5 rings (SSSR count). The summed E-state index contributed by atoms with van der Waals surface area (Å²) in [6.45, 7) is 5.87. The van der Waals surface area contributed by atoms with Crippen LogP contribution < -0.4 is 10.6 Å².